The van der Waals surface area contributed by atoms with Gasteiger partial charge in [0.05, 0.1) is 11.6 Å². The molecule has 1 aromatic carbocycles. The third kappa shape index (κ3) is 4.19. The van der Waals surface area contributed by atoms with Crippen LogP contribution in [-0.4, -0.2) is 51.6 Å². The molecule has 3 atom stereocenters. The Balaban J connectivity index is 2.02. The van der Waals surface area contributed by atoms with Crippen molar-refractivity contribution in [1.29, 1.82) is 5.26 Å². The zero-order chi connectivity index (χ0) is 19.4. The monoisotopic (exact) mass is 362 g/mol. The summed E-state index contributed by atoms with van der Waals surface area (Å²) in [4.78, 5) is 9.14. The zero-order valence-electron chi connectivity index (χ0n) is 15.9. The van der Waals surface area contributed by atoms with E-state index in [1.54, 1.807) is 18.3 Å². The van der Waals surface area contributed by atoms with Gasteiger partial charge < -0.3 is 5.11 Å². The van der Waals surface area contributed by atoms with Gasteiger partial charge in [-0.05, 0) is 43.2 Å². The Labute approximate surface area is 161 Å². The van der Waals surface area contributed by atoms with Crippen LogP contribution >= 0.6 is 0 Å². The van der Waals surface area contributed by atoms with Gasteiger partial charge in [-0.15, -0.1) is 6.58 Å². The van der Waals surface area contributed by atoms with Crippen LogP contribution in [0.2, 0.25) is 0 Å². The molecule has 0 radical (unpaired) electrons. The minimum absolute atomic E-state index is 0.0683. The van der Waals surface area contributed by atoms with Gasteiger partial charge in [0.15, 0.2) is 0 Å². The van der Waals surface area contributed by atoms with Crippen molar-refractivity contribution in [3.63, 3.8) is 0 Å². The number of benzene rings is 1. The van der Waals surface area contributed by atoms with Gasteiger partial charge in [-0.25, -0.2) is 0 Å². The molecule has 0 amide bonds. The van der Waals surface area contributed by atoms with Crippen molar-refractivity contribution < 1.29 is 5.11 Å². The van der Waals surface area contributed by atoms with Crippen LogP contribution in [0.15, 0.2) is 55.4 Å². The lowest BCUT2D eigenvalue weighted by Gasteiger charge is -2.47. The molecule has 1 aliphatic rings. The molecule has 1 saturated heterocycles. The largest absolute Gasteiger partial charge is 0.508 e. The van der Waals surface area contributed by atoms with Gasteiger partial charge >= 0.3 is 0 Å². The van der Waals surface area contributed by atoms with Crippen LogP contribution in [0.4, 0.5) is 0 Å². The number of hydrogen-bond acceptors (Lipinski definition) is 5. The lowest BCUT2D eigenvalue weighted by molar-refractivity contribution is 0.0305. The smallest absolute Gasteiger partial charge is 0.115 e. The number of aromatic nitrogens is 1. The van der Waals surface area contributed by atoms with Crippen molar-refractivity contribution >= 4 is 0 Å². The van der Waals surface area contributed by atoms with E-state index in [1.807, 2.05) is 30.5 Å². The first-order valence-electron chi connectivity index (χ1n) is 9.28. The quantitative estimate of drug-likeness (QED) is 0.827. The molecule has 2 heterocycles. The second kappa shape index (κ2) is 8.34. The van der Waals surface area contributed by atoms with Crippen molar-refractivity contribution in [2.75, 3.05) is 19.6 Å². The standard InChI is InChI=1S/C22H26N4O/c1-4-8-25-14-17(3)26(15-16(25)2)22(19-6-5-7-21(27)10-19)20-9-18(11-23)12-24-13-20/h4-7,9-10,12-13,16-17,22,27H,1,8,14-15H2,2-3H3/t16-,17+,22-/m1/s1. The SMILES string of the molecule is C=CCN1C[C@H](C)N([C@H](c2cccc(O)c2)c2cncc(C#N)c2)C[C@H]1C. The normalized spacial score (nSPS) is 22.1. The van der Waals surface area contributed by atoms with Crippen LogP contribution in [0, 0.1) is 11.3 Å². The lowest BCUT2D eigenvalue weighted by Crippen LogP contribution is -2.57. The van der Waals surface area contributed by atoms with Gasteiger partial charge in [-0.1, -0.05) is 18.2 Å². The molecule has 27 heavy (non-hydrogen) atoms. The summed E-state index contributed by atoms with van der Waals surface area (Å²) in [6.07, 6.45) is 5.35. The van der Waals surface area contributed by atoms with E-state index in [1.165, 1.54) is 0 Å². The first-order chi connectivity index (χ1) is 13.0. The highest BCUT2D eigenvalue weighted by molar-refractivity contribution is 5.39. The Hall–Kier alpha value is -2.68. The van der Waals surface area contributed by atoms with E-state index in [4.69, 9.17) is 0 Å². The highest BCUT2D eigenvalue weighted by atomic mass is 16.3. The number of hydrogen-bond donors (Lipinski definition) is 1. The Morgan fingerprint density at radius 1 is 1.26 bits per heavy atom. The molecule has 1 fully saturated rings. The van der Waals surface area contributed by atoms with E-state index in [2.05, 4.69) is 41.3 Å². The van der Waals surface area contributed by atoms with Crippen LogP contribution < -0.4 is 0 Å². The highest BCUT2D eigenvalue weighted by Crippen LogP contribution is 2.34. The molecule has 0 unspecified atom stereocenters. The number of piperazine rings is 1. The third-order valence-electron chi connectivity index (χ3n) is 5.25. The maximum Gasteiger partial charge on any atom is 0.115 e. The fourth-order valence-electron chi connectivity index (χ4n) is 3.94. The topological polar surface area (TPSA) is 63.4 Å². The van der Waals surface area contributed by atoms with Crippen LogP contribution in [0.3, 0.4) is 0 Å². The first-order valence-corrected chi connectivity index (χ1v) is 9.28. The van der Waals surface area contributed by atoms with Crippen LogP contribution in [0.5, 0.6) is 5.75 Å². The highest BCUT2D eigenvalue weighted by Gasteiger charge is 2.34. The van der Waals surface area contributed by atoms with Gasteiger partial charge in [0, 0.05) is 44.1 Å². The molecular formula is C22H26N4O. The predicted molar refractivity (Wildman–Crippen MR) is 106 cm³/mol. The van der Waals surface area contributed by atoms with Crippen molar-refractivity contribution in [3.05, 3.63) is 72.1 Å². The summed E-state index contributed by atoms with van der Waals surface area (Å²) in [5, 5.41) is 19.3. The van der Waals surface area contributed by atoms with Crippen molar-refractivity contribution in [3.8, 4) is 11.8 Å². The average Bonchev–Trinajstić information content (AvgIpc) is 2.66. The second-order valence-electron chi connectivity index (χ2n) is 7.25. The number of nitrogens with zero attached hydrogens (tertiary/aromatic N) is 4. The molecule has 1 N–H and O–H groups in total. The summed E-state index contributed by atoms with van der Waals surface area (Å²) in [6.45, 7) is 11.0. The molecule has 2 aromatic rings. The molecule has 0 bridgehead atoms. The maximum absolute atomic E-state index is 10.0. The number of rotatable bonds is 5. The van der Waals surface area contributed by atoms with Gasteiger partial charge in [0.2, 0.25) is 0 Å². The Bertz CT molecular complexity index is 844. The first kappa shape index (κ1) is 19.1. The number of phenolic OH excluding ortho intramolecular Hbond substituents is 1. The molecule has 1 aliphatic heterocycles. The van der Waals surface area contributed by atoms with Crippen LogP contribution in [-0.2, 0) is 0 Å². The fourth-order valence-corrected chi connectivity index (χ4v) is 3.94. The lowest BCUT2D eigenvalue weighted by atomic mass is 9.93. The van der Waals surface area contributed by atoms with E-state index in [0.717, 1.165) is 30.8 Å². The number of aromatic hydroxyl groups is 1. The zero-order valence-corrected chi connectivity index (χ0v) is 15.9. The fraction of sp³-hybridized carbons (Fsp3) is 0.364. The summed E-state index contributed by atoms with van der Waals surface area (Å²) in [6, 6.07) is 12.1. The van der Waals surface area contributed by atoms with Gasteiger partial charge in [-0.2, -0.15) is 5.26 Å². The van der Waals surface area contributed by atoms with Gasteiger partial charge in [-0.3, -0.25) is 14.8 Å². The summed E-state index contributed by atoms with van der Waals surface area (Å²) in [7, 11) is 0. The van der Waals surface area contributed by atoms with Crippen LogP contribution in [0.25, 0.3) is 0 Å². The van der Waals surface area contributed by atoms with Crippen molar-refractivity contribution in [2.24, 2.45) is 0 Å². The number of phenols is 1. The van der Waals surface area contributed by atoms with Crippen molar-refractivity contribution in [2.45, 2.75) is 32.0 Å². The minimum Gasteiger partial charge on any atom is -0.508 e. The summed E-state index contributed by atoms with van der Waals surface area (Å²) in [5.41, 5.74) is 2.52. The van der Waals surface area contributed by atoms with Crippen LogP contribution in [0.1, 0.15) is 36.6 Å². The Morgan fingerprint density at radius 2 is 2.07 bits per heavy atom. The maximum atomic E-state index is 10.0. The van der Waals surface area contributed by atoms with E-state index in [-0.39, 0.29) is 11.8 Å². The van der Waals surface area contributed by atoms with E-state index in [9.17, 15) is 10.4 Å². The van der Waals surface area contributed by atoms with Crippen molar-refractivity contribution in [1.82, 2.24) is 14.8 Å². The van der Waals surface area contributed by atoms with E-state index in [0.29, 0.717) is 17.6 Å². The molecule has 5 heteroatoms. The second-order valence-corrected chi connectivity index (χ2v) is 7.25. The third-order valence-corrected chi connectivity index (χ3v) is 5.25. The molecule has 0 spiro atoms. The molecule has 0 saturated carbocycles. The average molecular weight is 362 g/mol. The summed E-state index contributed by atoms with van der Waals surface area (Å²) in [5.74, 6) is 0.243. The Kier molecular flexibility index (Phi) is 5.90. The summed E-state index contributed by atoms with van der Waals surface area (Å²) >= 11 is 0. The molecule has 140 valence electrons. The number of nitriles is 1. The van der Waals surface area contributed by atoms with Gasteiger partial charge in [0.1, 0.15) is 11.8 Å². The summed E-state index contributed by atoms with van der Waals surface area (Å²) < 4.78 is 0. The van der Waals surface area contributed by atoms with E-state index >= 15 is 0 Å². The number of pyridine rings is 1. The van der Waals surface area contributed by atoms with E-state index < -0.39 is 0 Å². The molecule has 5 nitrogen and oxygen atoms in total. The molecule has 0 aliphatic carbocycles. The molecule has 3 rings (SSSR count). The van der Waals surface area contributed by atoms with Gasteiger partial charge in [0.25, 0.3) is 0 Å². The minimum atomic E-state index is -0.0683. The predicted octanol–water partition coefficient (Wildman–Crippen LogP) is 3.33. The molecule has 1 aromatic heterocycles. The molecular weight excluding hydrogens is 336 g/mol. The Morgan fingerprint density at radius 3 is 2.78 bits per heavy atom.